The third-order valence-corrected chi connectivity index (χ3v) is 3.82. The lowest BCUT2D eigenvalue weighted by Crippen LogP contribution is -2.27. The zero-order valence-electron chi connectivity index (χ0n) is 8.75. The molecule has 2 atom stereocenters. The molecule has 0 aromatic heterocycles. The molecule has 0 aliphatic carbocycles. The molecule has 2 nitrogen and oxygen atoms in total. The van der Waals surface area contributed by atoms with Gasteiger partial charge >= 0.3 is 0 Å². The smallest absolute Gasteiger partial charge is 0.0552 e. The van der Waals surface area contributed by atoms with E-state index in [0.717, 1.165) is 16.9 Å². The van der Waals surface area contributed by atoms with Gasteiger partial charge in [-0.05, 0) is 19.0 Å². The van der Waals surface area contributed by atoms with Crippen molar-refractivity contribution in [1.29, 1.82) is 0 Å². The van der Waals surface area contributed by atoms with Crippen molar-refractivity contribution in [2.45, 2.75) is 19.4 Å². The maximum Gasteiger partial charge on any atom is 0.0552 e. The summed E-state index contributed by atoms with van der Waals surface area (Å²) in [4.78, 5) is 0.883. The van der Waals surface area contributed by atoms with E-state index in [9.17, 15) is 4.21 Å². The van der Waals surface area contributed by atoms with Gasteiger partial charge < -0.3 is 5.32 Å². The summed E-state index contributed by atoms with van der Waals surface area (Å²) in [7, 11) is 1.02. The Bertz CT molecular complexity index is 304. The van der Waals surface area contributed by atoms with Crippen LogP contribution in [0.25, 0.3) is 0 Å². The van der Waals surface area contributed by atoms with Gasteiger partial charge in [-0.1, -0.05) is 31.7 Å². The number of hydrogen-bond acceptors (Lipinski definition) is 2. The Morgan fingerprint density at radius 3 is 2.93 bits per heavy atom. The van der Waals surface area contributed by atoms with Crippen molar-refractivity contribution < 1.29 is 4.21 Å². The Morgan fingerprint density at radius 2 is 2.43 bits per heavy atom. The van der Waals surface area contributed by atoms with Crippen LogP contribution >= 0.6 is 0 Å². The summed E-state index contributed by atoms with van der Waals surface area (Å²) in [6.07, 6.45) is 6.86. The van der Waals surface area contributed by atoms with E-state index in [1.165, 1.54) is 0 Å². The summed E-state index contributed by atoms with van der Waals surface area (Å²) < 4.78 is 11.7. The highest BCUT2D eigenvalue weighted by Crippen LogP contribution is 2.24. The van der Waals surface area contributed by atoms with Gasteiger partial charge in [-0.2, -0.15) is 0 Å². The minimum atomic E-state index is -0.876. The summed E-state index contributed by atoms with van der Waals surface area (Å²) in [5.41, 5.74) is 1.13. The predicted octanol–water partition coefficient (Wildman–Crippen LogP) is 1.74. The molecule has 0 radical (unpaired) electrons. The highest BCUT2D eigenvalue weighted by Gasteiger charge is 2.26. The molecule has 1 heterocycles. The molecule has 1 rings (SSSR count). The Hall–Kier alpha value is -0.670. The van der Waals surface area contributed by atoms with Crippen LogP contribution < -0.4 is 5.32 Å². The summed E-state index contributed by atoms with van der Waals surface area (Å²) in [5.74, 6) is 0.668. The van der Waals surface area contributed by atoms with E-state index in [4.69, 9.17) is 0 Å². The van der Waals surface area contributed by atoms with Crippen LogP contribution in [-0.4, -0.2) is 23.1 Å². The van der Waals surface area contributed by atoms with Gasteiger partial charge in [0.2, 0.25) is 0 Å². The topological polar surface area (TPSA) is 29.1 Å². The lowest BCUT2D eigenvalue weighted by molar-refractivity contribution is 0.676. The van der Waals surface area contributed by atoms with Crippen LogP contribution in [0.1, 0.15) is 13.3 Å². The van der Waals surface area contributed by atoms with E-state index < -0.39 is 10.8 Å². The van der Waals surface area contributed by atoms with E-state index in [1.54, 1.807) is 6.08 Å². The fourth-order valence-electron chi connectivity index (χ4n) is 1.53. The van der Waals surface area contributed by atoms with Gasteiger partial charge in [0.15, 0.2) is 0 Å². The van der Waals surface area contributed by atoms with Crippen LogP contribution in [0.2, 0.25) is 0 Å². The molecule has 1 N–H and O–H groups in total. The molecule has 3 heteroatoms. The Morgan fingerprint density at radius 1 is 1.71 bits per heavy atom. The van der Waals surface area contributed by atoms with E-state index in [-0.39, 0.29) is 6.04 Å². The SMILES string of the molecule is C=CC1=C(/C=C\CC)C(NC)CS1=O. The van der Waals surface area contributed by atoms with Gasteiger partial charge in [0, 0.05) is 16.7 Å². The van der Waals surface area contributed by atoms with E-state index in [1.807, 2.05) is 7.05 Å². The summed E-state index contributed by atoms with van der Waals surface area (Å²) in [6, 6.07) is 0.214. The first-order valence-corrected chi connectivity index (χ1v) is 6.15. The predicted molar refractivity (Wildman–Crippen MR) is 62.5 cm³/mol. The van der Waals surface area contributed by atoms with Crippen LogP contribution in [0, 0.1) is 0 Å². The zero-order valence-corrected chi connectivity index (χ0v) is 9.56. The molecule has 0 fully saturated rings. The molecule has 0 aromatic rings. The fourth-order valence-corrected chi connectivity index (χ4v) is 3.01. The summed E-state index contributed by atoms with van der Waals surface area (Å²) in [6.45, 7) is 5.80. The monoisotopic (exact) mass is 211 g/mol. The summed E-state index contributed by atoms with van der Waals surface area (Å²) in [5, 5.41) is 3.17. The van der Waals surface area contributed by atoms with E-state index >= 15 is 0 Å². The first kappa shape index (κ1) is 11.4. The van der Waals surface area contributed by atoms with E-state index in [2.05, 4.69) is 31.0 Å². The maximum atomic E-state index is 11.7. The Labute approximate surface area is 88.2 Å². The standard InChI is InChI=1S/C11H17NOS/c1-4-6-7-9-10(12-3)8-14(13)11(9)5-2/h5-7,10,12H,2,4,8H2,1,3H3/b7-6-. The lowest BCUT2D eigenvalue weighted by atomic mass is 10.1. The second-order valence-corrected chi connectivity index (χ2v) is 4.65. The van der Waals surface area contributed by atoms with Crippen molar-refractivity contribution in [2.75, 3.05) is 12.8 Å². The van der Waals surface area contributed by atoms with Crippen LogP contribution in [0.4, 0.5) is 0 Å². The number of allylic oxidation sites excluding steroid dienone is 2. The molecule has 0 amide bonds. The van der Waals surface area contributed by atoms with E-state index in [0.29, 0.717) is 5.75 Å². The van der Waals surface area contributed by atoms with Gasteiger partial charge in [0.1, 0.15) is 0 Å². The summed E-state index contributed by atoms with van der Waals surface area (Å²) >= 11 is 0. The number of hydrogen-bond donors (Lipinski definition) is 1. The van der Waals surface area contributed by atoms with Crippen molar-refractivity contribution in [3.8, 4) is 0 Å². The van der Waals surface area contributed by atoms with Crippen molar-refractivity contribution in [1.82, 2.24) is 5.32 Å². The zero-order chi connectivity index (χ0) is 10.6. The quantitative estimate of drug-likeness (QED) is 0.767. The molecule has 0 bridgehead atoms. The minimum Gasteiger partial charge on any atom is -0.312 e. The van der Waals surface area contributed by atoms with Crippen LogP contribution in [0.5, 0.6) is 0 Å². The highest BCUT2D eigenvalue weighted by atomic mass is 32.2. The fraction of sp³-hybridized carbons (Fsp3) is 0.455. The van der Waals surface area contributed by atoms with Gasteiger partial charge in [-0.15, -0.1) is 0 Å². The number of rotatable bonds is 4. The van der Waals surface area contributed by atoms with Gasteiger partial charge in [-0.25, -0.2) is 0 Å². The second-order valence-electron chi connectivity index (χ2n) is 3.19. The van der Waals surface area contributed by atoms with Crippen molar-refractivity contribution in [2.24, 2.45) is 0 Å². The largest absolute Gasteiger partial charge is 0.312 e. The van der Waals surface area contributed by atoms with Crippen molar-refractivity contribution in [3.05, 3.63) is 35.3 Å². The molecule has 0 aromatic carbocycles. The molecular formula is C11H17NOS. The average molecular weight is 211 g/mol. The van der Waals surface area contributed by atoms with Crippen LogP contribution in [0.3, 0.4) is 0 Å². The van der Waals surface area contributed by atoms with Crippen LogP contribution in [0.15, 0.2) is 35.3 Å². The maximum absolute atomic E-state index is 11.7. The minimum absolute atomic E-state index is 0.214. The first-order chi connectivity index (χ1) is 6.74. The molecule has 78 valence electrons. The molecule has 0 spiro atoms. The normalized spacial score (nSPS) is 27.6. The third-order valence-electron chi connectivity index (χ3n) is 2.29. The first-order valence-electron chi connectivity index (χ1n) is 4.83. The number of likely N-dealkylation sites (N-methyl/N-ethyl adjacent to an activating group) is 1. The molecule has 1 aliphatic rings. The van der Waals surface area contributed by atoms with Crippen molar-refractivity contribution in [3.63, 3.8) is 0 Å². The number of nitrogens with one attached hydrogen (secondary N) is 1. The Kier molecular flexibility index (Phi) is 4.29. The molecule has 2 unspecified atom stereocenters. The average Bonchev–Trinajstić information content (AvgIpc) is 2.50. The third kappa shape index (κ3) is 2.22. The molecule has 0 saturated carbocycles. The second kappa shape index (κ2) is 5.27. The van der Waals surface area contributed by atoms with Gasteiger partial charge in [-0.3, -0.25) is 4.21 Å². The lowest BCUT2D eigenvalue weighted by Gasteiger charge is -2.08. The molecular weight excluding hydrogens is 194 g/mol. The molecule has 0 saturated heterocycles. The Balaban J connectivity index is 3.00. The van der Waals surface area contributed by atoms with Gasteiger partial charge in [0.25, 0.3) is 0 Å². The highest BCUT2D eigenvalue weighted by molar-refractivity contribution is 7.89. The van der Waals surface area contributed by atoms with Crippen LogP contribution in [-0.2, 0) is 10.8 Å². The van der Waals surface area contributed by atoms with Gasteiger partial charge in [0.05, 0.1) is 10.8 Å². The molecule has 14 heavy (non-hydrogen) atoms. The van der Waals surface area contributed by atoms with Crippen molar-refractivity contribution >= 4 is 10.8 Å². The molecule has 1 aliphatic heterocycles.